The SMILES string of the molecule is Cc1cc(OCCNc2ccc(OCC3CCCO3)cc2)ccc1Cl. The molecule has 1 N–H and O–H groups in total. The third kappa shape index (κ3) is 5.55. The third-order valence-corrected chi connectivity index (χ3v) is 4.57. The van der Waals surface area contributed by atoms with Crippen molar-refractivity contribution in [3.8, 4) is 11.5 Å². The Hall–Kier alpha value is -1.91. The van der Waals surface area contributed by atoms with Crippen LogP contribution in [0.3, 0.4) is 0 Å². The number of nitrogens with one attached hydrogen (secondary N) is 1. The Balaban J connectivity index is 1.37. The van der Waals surface area contributed by atoms with Gasteiger partial charge >= 0.3 is 0 Å². The van der Waals surface area contributed by atoms with Crippen molar-refractivity contribution in [1.29, 1.82) is 0 Å². The standard InChI is InChI=1S/C20H24ClNO3/c1-15-13-18(8-9-20(15)21)24-12-10-22-16-4-6-17(7-5-16)25-14-19-3-2-11-23-19/h4-9,13,19,22H,2-3,10-12,14H2,1H3. The summed E-state index contributed by atoms with van der Waals surface area (Å²) < 4.78 is 17.0. The number of benzene rings is 2. The van der Waals surface area contributed by atoms with Gasteiger partial charge in [-0.25, -0.2) is 0 Å². The van der Waals surface area contributed by atoms with Crippen molar-refractivity contribution in [2.45, 2.75) is 25.9 Å². The molecule has 2 aromatic rings. The van der Waals surface area contributed by atoms with Gasteiger partial charge in [-0.05, 0) is 67.8 Å². The molecule has 5 heteroatoms. The fraction of sp³-hybridized carbons (Fsp3) is 0.400. The van der Waals surface area contributed by atoms with E-state index < -0.39 is 0 Å². The summed E-state index contributed by atoms with van der Waals surface area (Å²) >= 11 is 6.01. The van der Waals surface area contributed by atoms with Crippen LogP contribution in [0, 0.1) is 6.92 Å². The van der Waals surface area contributed by atoms with Crippen LogP contribution >= 0.6 is 11.6 Å². The van der Waals surface area contributed by atoms with Crippen LogP contribution in [0.15, 0.2) is 42.5 Å². The lowest BCUT2D eigenvalue weighted by Crippen LogP contribution is -2.16. The maximum absolute atomic E-state index is 6.01. The quantitative estimate of drug-likeness (QED) is 0.692. The molecule has 0 spiro atoms. The zero-order chi connectivity index (χ0) is 17.5. The van der Waals surface area contributed by atoms with Crippen LogP contribution in [0.1, 0.15) is 18.4 Å². The summed E-state index contributed by atoms with van der Waals surface area (Å²) in [7, 11) is 0. The van der Waals surface area contributed by atoms with E-state index in [1.165, 1.54) is 0 Å². The zero-order valence-electron chi connectivity index (χ0n) is 14.5. The Morgan fingerprint density at radius 1 is 1.12 bits per heavy atom. The Labute approximate surface area is 154 Å². The molecule has 4 nitrogen and oxygen atoms in total. The predicted octanol–water partition coefficient (Wildman–Crippen LogP) is 4.70. The van der Waals surface area contributed by atoms with Gasteiger partial charge in [-0.3, -0.25) is 0 Å². The number of hydrogen-bond acceptors (Lipinski definition) is 4. The van der Waals surface area contributed by atoms with E-state index in [0.29, 0.717) is 13.2 Å². The van der Waals surface area contributed by atoms with E-state index >= 15 is 0 Å². The van der Waals surface area contributed by atoms with Crippen LogP contribution < -0.4 is 14.8 Å². The first-order valence-corrected chi connectivity index (χ1v) is 9.06. The highest BCUT2D eigenvalue weighted by Crippen LogP contribution is 2.21. The molecule has 1 aliphatic heterocycles. The zero-order valence-corrected chi connectivity index (χ0v) is 15.2. The van der Waals surface area contributed by atoms with Gasteiger partial charge < -0.3 is 19.5 Å². The first kappa shape index (κ1) is 17.9. The van der Waals surface area contributed by atoms with E-state index in [2.05, 4.69) is 5.32 Å². The second-order valence-electron chi connectivity index (χ2n) is 6.16. The summed E-state index contributed by atoms with van der Waals surface area (Å²) in [6.45, 7) is 4.75. The second kappa shape index (κ2) is 8.97. The van der Waals surface area contributed by atoms with E-state index in [-0.39, 0.29) is 6.10 Å². The van der Waals surface area contributed by atoms with E-state index in [1.54, 1.807) is 0 Å². The molecule has 0 saturated carbocycles. The van der Waals surface area contributed by atoms with Crippen molar-refractivity contribution < 1.29 is 14.2 Å². The predicted molar refractivity (Wildman–Crippen MR) is 101 cm³/mol. The topological polar surface area (TPSA) is 39.7 Å². The van der Waals surface area contributed by atoms with Gasteiger partial charge in [0.2, 0.25) is 0 Å². The average molecular weight is 362 g/mol. The second-order valence-corrected chi connectivity index (χ2v) is 6.56. The molecule has 1 atom stereocenters. The molecular formula is C20H24ClNO3. The first-order valence-electron chi connectivity index (χ1n) is 8.68. The van der Waals surface area contributed by atoms with Gasteiger partial charge in [0.15, 0.2) is 0 Å². The molecule has 134 valence electrons. The van der Waals surface area contributed by atoms with Gasteiger partial charge in [0, 0.05) is 23.9 Å². The lowest BCUT2D eigenvalue weighted by molar-refractivity contribution is 0.0679. The first-order chi connectivity index (χ1) is 12.2. The fourth-order valence-corrected chi connectivity index (χ4v) is 2.82. The van der Waals surface area contributed by atoms with Gasteiger partial charge in [-0.15, -0.1) is 0 Å². The van der Waals surface area contributed by atoms with Crippen LogP contribution in [0.25, 0.3) is 0 Å². The minimum Gasteiger partial charge on any atom is -0.492 e. The van der Waals surface area contributed by atoms with E-state index in [4.69, 9.17) is 25.8 Å². The van der Waals surface area contributed by atoms with Gasteiger partial charge in [-0.2, -0.15) is 0 Å². The third-order valence-electron chi connectivity index (χ3n) is 4.14. The summed E-state index contributed by atoms with van der Waals surface area (Å²) in [5.74, 6) is 1.70. The Morgan fingerprint density at radius 2 is 1.92 bits per heavy atom. The molecule has 1 unspecified atom stereocenters. The molecule has 0 aromatic heterocycles. The smallest absolute Gasteiger partial charge is 0.119 e. The summed E-state index contributed by atoms with van der Waals surface area (Å²) in [5.41, 5.74) is 2.06. The van der Waals surface area contributed by atoms with Gasteiger partial charge in [-0.1, -0.05) is 11.6 Å². The Morgan fingerprint density at radius 3 is 2.64 bits per heavy atom. The van der Waals surface area contributed by atoms with Crippen LogP contribution in [-0.2, 0) is 4.74 Å². The van der Waals surface area contributed by atoms with Gasteiger partial charge in [0.05, 0.1) is 6.10 Å². The van der Waals surface area contributed by atoms with Crippen molar-refractivity contribution in [3.05, 3.63) is 53.1 Å². The largest absolute Gasteiger partial charge is 0.492 e. The van der Waals surface area contributed by atoms with E-state index in [1.807, 2.05) is 49.4 Å². The Bertz CT molecular complexity index is 669. The molecule has 0 amide bonds. The fourth-order valence-electron chi connectivity index (χ4n) is 2.71. The highest BCUT2D eigenvalue weighted by atomic mass is 35.5. The van der Waals surface area contributed by atoms with Crippen LogP contribution in [0.2, 0.25) is 5.02 Å². The number of halogens is 1. The molecule has 0 aliphatic carbocycles. The van der Waals surface area contributed by atoms with Crippen LogP contribution in [0.5, 0.6) is 11.5 Å². The summed E-state index contributed by atoms with van der Waals surface area (Å²) in [6.07, 6.45) is 2.47. The molecule has 1 aliphatic rings. The van der Waals surface area contributed by atoms with Crippen molar-refractivity contribution in [3.63, 3.8) is 0 Å². The van der Waals surface area contributed by atoms with E-state index in [9.17, 15) is 0 Å². The molecule has 0 radical (unpaired) electrons. The highest BCUT2D eigenvalue weighted by molar-refractivity contribution is 6.31. The summed E-state index contributed by atoms with van der Waals surface area (Å²) in [6, 6.07) is 13.7. The maximum Gasteiger partial charge on any atom is 0.119 e. The molecule has 25 heavy (non-hydrogen) atoms. The minimum atomic E-state index is 0.242. The van der Waals surface area contributed by atoms with Crippen LogP contribution in [-0.4, -0.2) is 32.5 Å². The number of anilines is 1. The molecule has 2 aromatic carbocycles. The molecular weight excluding hydrogens is 338 g/mol. The molecule has 3 rings (SSSR count). The number of aryl methyl sites for hydroxylation is 1. The number of rotatable bonds is 8. The van der Waals surface area contributed by atoms with Crippen molar-refractivity contribution in [2.24, 2.45) is 0 Å². The lowest BCUT2D eigenvalue weighted by Gasteiger charge is -2.12. The number of ether oxygens (including phenoxy) is 3. The van der Waals surface area contributed by atoms with Crippen molar-refractivity contribution >= 4 is 17.3 Å². The molecule has 0 bridgehead atoms. The summed E-state index contributed by atoms with van der Waals surface area (Å²) in [4.78, 5) is 0. The monoisotopic (exact) mass is 361 g/mol. The minimum absolute atomic E-state index is 0.242. The van der Waals surface area contributed by atoms with Crippen molar-refractivity contribution in [2.75, 3.05) is 31.7 Å². The normalized spacial score (nSPS) is 16.6. The van der Waals surface area contributed by atoms with Crippen LogP contribution in [0.4, 0.5) is 5.69 Å². The molecule has 1 fully saturated rings. The number of hydrogen-bond donors (Lipinski definition) is 1. The van der Waals surface area contributed by atoms with Gasteiger partial charge in [0.1, 0.15) is 24.7 Å². The Kier molecular flexibility index (Phi) is 6.42. The lowest BCUT2D eigenvalue weighted by atomic mass is 10.2. The molecule has 1 saturated heterocycles. The van der Waals surface area contributed by atoms with E-state index in [0.717, 1.165) is 53.8 Å². The van der Waals surface area contributed by atoms with Gasteiger partial charge in [0.25, 0.3) is 0 Å². The molecule has 1 heterocycles. The summed E-state index contributed by atoms with van der Waals surface area (Å²) in [5, 5.41) is 4.09. The highest BCUT2D eigenvalue weighted by Gasteiger charge is 2.15. The maximum atomic E-state index is 6.01. The average Bonchev–Trinajstić information content (AvgIpc) is 3.14. The van der Waals surface area contributed by atoms with Crippen molar-refractivity contribution in [1.82, 2.24) is 0 Å².